The predicted molar refractivity (Wildman–Crippen MR) is 42.7 cm³/mol. The molecule has 50 valence electrons. The van der Waals surface area contributed by atoms with Gasteiger partial charge in [0.2, 0.25) is 0 Å². The summed E-state index contributed by atoms with van der Waals surface area (Å²) in [6.07, 6.45) is 6.49. The van der Waals surface area contributed by atoms with Gasteiger partial charge >= 0.3 is 0 Å². The van der Waals surface area contributed by atoms with Crippen molar-refractivity contribution in [2.75, 3.05) is 0 Å². The van der Waals surface area contributed by atoms with Gasteiger partial charge in [0, 0.05) is 11.9 Å². The largest absolute Gasteiger partial charge is 0.266 e. The highest BCUT2D eigenvalue weighted by Gasteiger charge is 1.74. The quantitative estimate of drug-likeness (QED) is 0.404. The topological polar surface area (TPSA) is 12.4 Å². The molecule has 0 aliphatic heterocycles. The average molecular weight is 123 g/mol. The summed E-state index contributed by atoms with van der Waals surface area (Å²) in [4.78, 5) is 4.10. The van der Waals surface area contributed by atoms with Crippen molar-refractivity contribution in [3.8, 4) is 0 Å². The highest BCUT2D eigenvalue weighted by molar-refractivity contribution is 5.58. The summed E-state index contributed by atoms with van der Waals surface area (Å²) in [5.74, 6) is 0. The van der Waals surface area contributed by atoms with Crippen LogP contribution in [0.25, 0.3) is 0 Å². The van der Waals surface area contributed by atoms with Crippen LogP contribution in [0, 0.1) is 0 Å². The van der Waals surface area contributed by atoms with Crippen molar-refractivity contribution in [3.63, 3.8) is 0 Å². The van der Waals surface area contributed by atoms with Crippen molar-refractivity contribution >= 4 is 6.21 Å². The van der Waals surface area contributed by atoms with Crippen LogP contribution in [0.2, 0.25) is 0 Å². The van der Waals surface area contributed by atoms with E-state index in [2.05, 4.69) is 18.5 Å². The Morgan fingerprint density at radius 1 is 1.67 bits per heavy atom. The Morgan fingerprint density at radius 2 is 2.33 bits per heavy atom. The van der Waals surface area contributed by atoms with E-state index in [-0.39, 0.29) is 0 Å². The third-order valence-corrected chi connectivity index (χ3v) is 0.837. The van der Waals surface area contributed by atoms with Crippen molar-refractivity contribution in [1.82, 2.24) is 0 Å². The molecule has 0 bridgehead atoms. The highest BCUT2D eigenvalue weighted by Crippen LogP contribution is 1.92. The SMILES string of the molecule is C=C/C=C(/C)N=CCC. The van der Waals surface area contributed by atoms with Crippen molar-refractivity contribution in [2.45, 2.75) is 20.3 Å². The molecule has 0 fully saturated rings. The van der Waals surface area contributed by atoms with E-state index in [1.54, 1.807) is 6.08 Å². The lowest BCUT2D eigenvalue weighted by Gasteiger charge is -1.85. The van der Waals surface area contributed by atoms with Gasteiger partial charge in [0.25, 0.3) is 0 Å². The summed E-state index contributed by atoms with van der Waals surface area (Å²) in [5.41, 5.74) is 1.01. The van der Waals surface area contributed by atoms with Crippen LogP contribution in [-0.2, 0) is 0 Å². The number of aliphatic imine (C=N–C) groups is 1. The third kappa shape index (κ3) is 5.01. The minimum Gasteiger partial charge on any atom is -0.266 e. The Bertz CT molecular complexity index is 132. The number of nitrogens with zero attached hydrogens (tertiary/aromatic N) is 1. The highest BCUT2D eigenvalue weighted by atomic mass is 14.7. The fourth-order valence-corrected chi connectivity index (χ4v) is 0.449. The van der Waals surface area contributed by atoms with Crippen LogP contribution < -0.4 is 0 Å². The van der Waals surface area contributed by atoms with Gasteiger partial charge < -0.3 is 0 Å². The van der Waals surface area contributed by atoms with E-state index in [9.17, 15) is 0 Å². The molecule has 0 spiro atoms. The Balaban J connectivity index is 3.74. The molecular formula is C8H13N. The molecule has 0 unspecified atom stereocenters. The lowest BCUT2D eigenvalue weighted by atomic mass is 10.4. The molecule has 0 heterocycles. The van der Waals surface area contributed by atoms with Crippen molar-refractivity contribution in [2.24, 2.45) is 4.99 Å². The van der Waals surface area contributed by atoms with Gasteiger partial charge in [0.05, 0.1) is 0 Å². The van der Waals surface area contributed by atoms with E-state index in [4.69, 9.17) is 0 Å². The zero-order valence-electron chi connectivity index (χ0n) is 6.09. The molecule has 0 rings (SSSR count). The minimum absolute atomic E-state index is 0.988. The maximum atomic E-state index is 4.10. The maximum absolute atomic E-state index is 4.10. The zero-order chi connectivity index (χ0) is 7.11. The summed E-state index contributed by atoms with van der Waals surface area (Å²) in [5, 5.41) is 0. The average Bonchev–Trinajstić information content (AvgIpc) is 1.85. The summed E-state index contributed by atoms with van der Waals surface area (Å²) >= 11 is 0. The molecule has 0 saturated carbocycles. The first-order chi connectivity index (χ1) is 4.31. The molecule has 0 aromatic rings. The maximum Gasteiger partial charge on any atom is 0.0368 e. The molecule has 0 amide bonds. The summed E-state index contributed by atoms with van der Waals surface area (Å²) in [7, 11) is 0. The molecule has 0 aliphatic rings. The molecule has 9 heavy (non-hydrogen) atoms. The molecule has 1 heteroatoms. The van der Waals surface area contributed by atoms with E-state index in [1.807, 2.05) is 19.2 Å². The van der Waals surface area contributed by atoms with Crippen molar-refractivity contribution in [3.05, 3.63) is 24.4 Å². The molecule has 0 N–H and O–H groups in total. The predicted octanol–water partition coefficient (Wildman–Crippen LogP) is 2.56. The molecule has 0 atom stereocenters. The fourth-order valence-electron chi connectivity index (χ4n) is 0.449. The first-order valence-electron chi connectivity index (χ1n) is 3.13. The van der Waals surface area contributed by atoms with Crippen LogP contribution in [-0.4, -0.2) is 6.21 Å². The first kappa shape index (κ1) is 8.15. The van der Waals surface area contributed by atoms with Crippen molar-refractivity contribution in [1.29, 1.82) is 0 Å². The Hall–Kier alpha value is -0.850. The van der Waals surface area contributed by atoms with Crippen LogP contribution in [0.4, 0.5) is 0 Å². The number of allylic oxidation sites excluding steroid dienone is 3. The molecule has 0 radical (unpaired) electrons. The van der Waals surface area contributed by atoms with E-state index >= 15 is 0 Å². The monoisotopic (exact) mass is 123 g/mol. The van der Waals surface area contributed by atoms with Crippen LogP contribution in [0.15, 0.2) is 29.4 Å². The van der Waals surface area contributed by atoms with E-state index in [0.717, 1.165) is 12.1 Å². The standard InChI is InChI=1S/C8H13N/c1-4-6-8(3)9-7-5-2/h4,6-7H,1,5H2,2-3H3/b8-6-,9-7?. The molecule has 0 aromatic carbocycles. The van der Waals surface area contributed by atoms with Gasteiger partial charge in [0.1, 0.15) is 0 Å². The minimum atomic E-state index is 0.988. The van der Waals surface area contributed by atoms with Gasteiger partial charge in [0.15, 0.2) is 0 Å². The molecule has 0 saturated heterocycles. The van der Waals surface area contributed by atoms with Crippen LogP contribution in [0.3, 0.4) is 0 Å². The fraction of sp³-hybridized carbons (Fsp3) is 0.375. The van der Waals surface area contributed by atoms with E-state index in [0.29, 0.717) is 0 Å². The summed E-state index contributed by atoms with van der Waals surface area (Å²) < 4.78 is 0. The van der Waals surface area contributed by atoms with Gasteiger partial charge in [-0.2, -0.15) is 0 Å². The Morgan fingerprint density at radius 3 is 2.78 bits per heavy atom. The number of rotatable bonds is 3. The smallest absolute Gasteiger partial charge is 0.0368 e. The van der Waals surface area contributed by atoms with Crippen molar-refractivity contribution < 1.29 is 0 Å². The number of hydrogen-bond acceptors (Lipinski definition) is 1. The second-order valence-corrected chi connectivity index (χ2v) is 1.76. The number of hydrogen-bond donors (Lipinski definition) is 0. The summed E-state index contributed by atoms with van der Waals surface area (Å²) in [6, 6.07) is 0. The van der Waals surface area contributed by atoms with Gasteiger partial charge in [-0.05, 0) is 19.4 Å². The van der Waals surface area contributed by atoms with Gasteiger partial charge in [-0.3, -0.25) is 4.99 Å². The zero-order valence-corrected chi connectivity index (χ0v) is 6.09. The first-order valence-corrected chi connectivity index (χ1v) is 3.13. The molecule has 0 aromatic heterocycles. The lowest BCUT2D eigenvalue weighted by Crippen LogP contribution is -1.70. The van der Waals surface area contributed by atoms with Crippen LogP contribution in [0.5, 0.6) is 0 Å². The molecule has 0 aliphatic carbocycles. The lowest BCUT2D eigenvalue weighted by molar-refractivity contribution is 1.25. The second-order valence-electron chi connectivity index (χ2n) is 1.76. The van der Waals surface area contributed by atoms with Gasteiger partial charge in [-0.1, -0.05) is 19.6 Å². The normalized spacial score (nSPS) is 12.4. The molecular weight excluding hydrogens is 110 g/mol. The van der Waals surface area contributed by atoms with E-state index < -0.39 is 0 Å². The Labute approximate surface area is 56.8 Å². The van der Waals surface area contributed by atoms with Crippen LogP contribution >= 0.6 is 0 Å². The molecule has 1 nitrogen and oxygen atoms in total. The van der Waals surface area contributed by atoms with Gasteiger partial charge in [-0.25, -0.2) is 0 Å². The van der Waals surface area contributed by atoms with Gasteiger partial charge in [-0.15, -0.1) is 0 Å². The second kappa shape index (κ2) is 5.29. The van der Waals surface area contributed by atoms with E-state index in [1.165, 1.54) is 0 Å². The van der Waals surface area contributed by atoms with Crippen LogP contribution in [0.1, 0.15) is 20.3 Å². The summed E-state index contributed by atoms with van der Waals surface area (Å²) in [6.45, 7) is 7.57. The third-order valence-electron chi connectivity index (χ3n) is 0.837. The Kier molecular flexibility index (Phi) is 4.79.